The van der Waals surface area contributed by atoms with Gasteiger partial charge in [-0.05, 0) is 36.2 Å². The molecule has 26 heavy (non-hydrogen) atoms. The Morgan fingerprint density at radius 2 is 1.85 bits per heavy atom. The fourth-order valence-electron chi connectivity index (χ4n) is 2.96. The zero-order chi connectivity index (χ0) is 18.7. The first-order valence-electron chi connectivity index (χ1n) is 8.30. The van der Waals surface area contributed by atoms with Gasteiger partial charge in [-0.1, -0.05) is 24.3 Å². The minimum Gasteiger partial charge on any atom is -0.396 e. The van der Waals surface area contributed by atoms with Gasteiger partial charge in [0.15, 0.2) is 0 Å². The molecule has 0 aliphatic carbocycles. The Bertz CT molecular complexity index is 890. The SMILES string of the molecule is OCCCc1nc2ccccc2n1C[C@H](O)c1cccc(C(F)(F)F)c1. The highest BCUT2D eigenvalue weighted by molar-refractivity contribution is 5.75. The lowest BCUT2D eigenvalue weighted by atomic mass is 10.1. The number of aryl methyl sites for hydroxylation is 1. The van der Waals surface area contributed by atoms with Crippen molar-refractivity contribution in [2.45, 2.75) is 31.7 Å². The van der Waals surface area contributed by atoms with E-state index in [2.05, 4.69) is 4.98 Å². The molecule has 0 aliphatic heterocycles. The van der Waals surface area contributed by atoms with Crippen molar-refractivity contribution in [2.24, 2.45) is 0 Å². The van der Waals surface area contributed by atoms with Crippen molar-refractivity contribution in [3.8, 4) is 0 Å². The maximum absolute atomic E-state index is 12.9. The van der Waals surface area contributed by atoms with Gasteiger partial charge < -0.3 is 14.8 Å². The van der Waals surface area contributed by atoms with Gasteiger partial charge in [-0.25, -0.2) is 4.98 Å². The van der Waals surface area contributed by atoms with Gasteiger partial charge in [0.1, 0.15) is 5.82 Å². The molecule has 0 saturated heterocycles. The molecule has 3 aromatic rings. The molecule has 0 aliphatic rings. The smallest absolute Gasteiger partial charge is 0.396 e. The van der Waals surface area contributed by atoms with Gasteiger partial charge in [0.25, 0.3) is 0 Å². The van der Waals surface area contributed by atoms with E-state index in [1.165, 1.54) is 12.1 Å². The highest BCUT2D eigenvalue weighted by Crippen LogP contribution is 2.31. The lowest BCUT2D eigenvalue weighted by Gasteiger charge is -2.16. The molecule has 0 unspecified atom stereocenters. The third kappa shape index (κ3) is 3.89. The van der Waals surface area contributed by atoms with E-state index >= 15 is 0 Å². The second-order valence-electron chi connectivity index (χ2n) is 6.09. The minimum atomic E-state index is -4.45. The fraction of sp³-hybridized carbons (Fsp3) is 0.316. The number of alkyl halides is 3. The van der Waals surface area contributed by atoms with Crippen LogP contribution in [0.3, 0.4) is 0 Å². The van der Waals surface area contributed by atoms with E-state index in [9.17, 15) is 18.3 Å². The van der Waals surface area contributed by atoms with Crippen LogP contribution in [0.2, 0.25) is 0 Å². The molecule has 0 amide bonds. The molecule has 1 heterocycles. The zero-order valence-corrected chi connectivity index (χ0v) is 13.9. The van der Waals surface area contributed by atoms with Crippen LogP contribution in [-0.4, -0.2) is 26.4 Å². The number of imidazole rings is 1. The van der Waals surface area contributed by atoms with Crippen LogP contribution in [0, 0.1) is 0 Å². The van der Waals surface area contributed by atoms with Crippen molar-refractivity contribution >= 4 is 11.0 Å². The number of fused-ring (bicyclic) bond motifs is 1. The van der Waals surface area contributed by atoms with E-state index in [0.29, 0.717) is 18.7 Å². The van der Waals surface area contributed by atoms with Crippen LogP contribution in [-0.2, 0) is 19.1 Å². The Hall–Kier alpha value is -2.38. The van der Waals surface area contributed by atoms with Gasteiger partial charge in [0.05, 0.1) is 29.2 Å². The Morgan fingerprint density at radius 1 is 1.08 bits per heavy atom. The third-order valence-electron chi connectivity index (χ3n) is 4.25. The summed E-state index contributed by atoms with van der Waals surface area (Å²) in [4.78, 5) is 4.51. The van der Waals surface area contributed by atoms with Crippen molar-refractivity contribution in [2.75, 3.05) is 6.61 Å². The molecule has 1 atom stereocenters. The molecular weight excluding hydrogens is 345 g/mol. The van der Waals surface area contributed by atoms with E-state index in [1.807, 2.05) is 24.3 Å². The molecule has 0 radical (unpaired) electrons. The fourth-order valence-corrected chi connectivity index (χ4v) is 2.96. The summed E-state index contributed by atoms with van der Waals surface area (Å²) in [5.41, 5.74) is 0.957. The zero-order valence-electron chi connectivity index (χ0n) is 13.9. The lowest BCUT2D eigenvalue weighted by molar-refractivity contribution is -0.137. The minimum absolute atomic E-state index is 0.0133. The molecule has 2 N–H and O–H groups in total. The number of hydrogen-bond donors (Lipinski definition) is 2. The van der Waals surface area contributed by atoms with Gasteiger partial charge in [-0.2, -0.15) is 13.2 Å². The third-order valence-corrected chi connectivity index (χ3v) is 4.25. The van der Waals surface area contributed by atoms with Gasteiger partial charge in [0.2, 0.25) is 0 Å². The maximum Gasteiger partial charge on any atom is 0.416 e. The number of para-hydroxylation sites is 2. The maximum atomic E-state index is 12.9. The average molecular weight is 364 g/mol. The van der Waals surface area contributed by atoms with E-state index < -0.39 is 17.8 Å². The van der Waals surface area contributed by atoms with Crippen molar-refractivity contribution in [1.82, 2.24) is 9.55 Å². The average Bonchev–Trinajstić information content (AvgIpc) is 2.97. The predicted molar refractivity (Wildman–Crippen MR) is 91.5 cm³/mol. The summed E-state index contributed by atoms with van der Waals surface area (Å²) in [6.45, 7) is 0.0992. The molecule has 4 nitrogen and oxygen atoms in total. The van der Waals surface area contributed by atoms with Crippen LogP contribution in [0.25, 0.3) is 11.0 Å². The molecule has 1 aromatic heterocycles. The normalized spacial score (nSPS) is 13.3. The number of hydrogen-bond acceptors (Lipinski definition) is 3. The summed E-state index contributed by atoms with van der Waals surface area (Å²) in [5.74, 6) is 0.686. The number of halogens is 3. The molecular formula is C19H19F3N2O2. The second kappa shape index (κ2) is 7.47. The molecule has 7 heteroatoms. The van der Waals surface area contributed by atoms with Gasteiger partial charge in [-0.15, -0.1) is 0 Å². The largest absolute Gasteiger partial charge is 0.416 e. The predicted octanol–water partition coefficient (Wildman–Crippen LogP) is 3.71. The summed E-state index contributed by atoms with van der Waals surface area (Å²) < 4.78 is 40.5. The number of benzene rings is 2. The summed E-state index contributed by atoms with van der Waals surface area (Å²) in [6.07, 6.45) is -4.53. The van der Waals surface area contributed by atoms with Gasteiger partial charge in [0, 0.05) is 13.0 Å². The number of aliphatic hydroxyl groups excluding tert-OH is 2. The molecule has 0 saturated carbocycles. The number of rotatable bonds is 6. The number of aliphatic hydroxyl groups is 2. The topological polar surface area (TPSA) is 58.3 Å². The van der Waals surface area contributed by atoms with Crippen LogP contribution in [0.4, 0.5) is 13.2 Å². The Balaban J connectivity index is 1.93. The summed E-state index contributed by atoms with van der Waals surface area (Å²) >= 11 is 0. The van der Waals surface area contributed by atoms with Crippen LogP contribution in [0.15, 0.2) is 48.5 Å². The van der Waals surface area contributed by atoms with Gasteiger partial charge in [-0.3, -0.25) is 0 Å². The molecule has 138 valence electrons. The highest BCUT2D eigenvalue weighted by Gasteiger charge is 2.31. The van der Waals surface area contributed by atoms with Crippen LogP contribution in [0.5, 0.6) is 0 Å². The Labute approximate surface area is 148 Å². The highest BCUT2D eigenvalue weighted by atomic mass is 19.4. The van der Waals surface area contributed by atoms with Crippen molar-refractivity contribution in [3.05, 3.63) is 65.5 Å². The van der Waals surface area contributed by atoms with E-state index in [0.717, 1.165) is 23.2 Å². The summed E-state index contributed by atoms with van der Waals surface area (Å²) in [7, 11) is 0. The van der Waals surface area contributed by atoms with Crippen LogP contribution in [0.1, 0.15) is 29.5 Å². The number of nitrogens with zero attached hydrogens (tertiary/aromatic N) is 2. The molecule has 3 rings (SSSR count). The number of aromatic nitrogens is 2. The van der Waals surface area contributed by atoms with E-state index in [4.69, 9.17) is 5.11 Å². The van der Waals surface area contributed by atoms with Crippen LogP contribution < -0.4 is 0 Å². The van der Waals surface area contributed by atoms with Crippen molar-refractivity contribution < 1.29 is 23.4 Å². The molecule has 0 spiro atoms. The first kappa shape index (κ1) is 18.4. The van der Waals surface area contributed by atoms with E-state index in [-0.39, 0.29) is 18.7 Å². The summed E-state index contributed by atoms with van der Waals surface area (Å²) in [6, 6.07) is 12.1. The molecule has 2 aromatic carbocycles. The second-order valence-corrected chi connectivity index (χ2v) is 6.09. The first-order valence-corrected chi connectivity index (χ1v) is 8.30. The van der Waals surface area contributed by atoms with Crippen LogP contribution >= 0.6 is 0 Å². The summed E-state index contributed by atoms with van der Waals surface area (Å²) in [5, 5.41) is 19.6. The van der Waals surface area contributed by atoms with Crippen molar-refractivity contribution in [3.63, 3.8) is 0 Å². The monoisotopic (exact) mass is 364 g/mol. The Kier molecular flexibility index (Phi) is 5.29. The first-order chi connectivity index (χ1) is 12.4. The molecule has 0 fully saturated rings. The van der Waals surface area contributed by atoms with Crippen molar-refractivity contribution in [1.29, 1.82) is 0 Å². The Morgan fingerprint density at radius 3 is 2.58 bits per heavy atom. The standard InChI is InChI=1S/C19H19F3N2O2/c20-19(21,22)14-6-3-5-13(11-14)17(26)12-24-16-8-2-1-7-15(16)23-18(24)9-4-10-25/h1-3,5-8,11,17,25-26H,4,9-10,12H2/t17-/m0/s1. The lowest BCUT2D eigenvalue weighted by Crippen LogP contribution is -2.13. The molecule has 0 bridgehead atoms. The van der Waals surface area contributed by atoms with Gasteiger partial charge >= 0.3 is 6.18 Å². The quantitative estimate of drug-likeness (QED) is 0.701. The van der Waals surface area contributed by atoms with E-state index in [1.54, 1.807) is 4.57 Å².